The number of nitrogens with one attached hydrogen (secondary N) is 1. The van der Waals surface area contributed by atoms with Crippen molar-refractivity contribution in [3.63, 3.8) is 0 Å². The lowest BCUT2D eigenvalue weighted by molar-refractivity contribution is 0.0541. The van der Waals surface area contributed by atoms with Gasteiger partial charge in [0.05, 0.1) is 19.8 Å². The van der Waals surface area contributed by atoms with E-state index in [0.717, 1.165) is 11.3 Å². The molecule has 5 heteroatoms. The highest BCUT2D eigenvalue weighted by molar-refractivity contribution is 5.32. The molecule has 0 aliphatic rings. The minimum atomic E-state index is 0.362. The average Bonchev–Trinajstić information content (AvgIpc) is 2.36. The standard InChI is InChI=1S/C12H19NO4/c1-15-6-7-16-8-9-17-12-5-3-2-4-11(12)10-13-14/h2-5,13-14H,6-10H2,1H3. The second-order valence-electron chi connectivity index (χ2n) is 3.40. The third-order valence-electron chi connectivity index (χ3n) is 2.16. The lowest BCUT2D eigenvalue weighted by Crippen LogP contribution is -2.12. The predicted molar refractivity (Wildman–Crippen MR) is 63.3 cm³/mol. The van der Waals surface area contributed by atoms with Crippen LogP contribution < -0.4 is 10.2 Å². The van der Waals surface area contributed by atoms with Crippen molar-refractivity contribution in [3.8, 4) is 5.75 Å². The molecule has 96 valence electrons. The minimum Gasteiger partial charge on any atom is -0.491 e. The third-order valence-corrected chi connectivity index (χ3v) is 2.16. The molecular weight excluding hydrogens is 222 g/mol. The Morgan fingerprint density at radius 1 is 1.12 bits per heavy atom. The van der Waals surface area contributed by atoms with Crippen LogP contribution in [0.4, 0.5) is 0 Å². The quantitative estimate of drug-likeness (QED) is 0.502. The van der Waals surface area contributed by atoms with Crippen molar-refractivity contribution in [1.29, 1.82) is 0 Å². The van der Waals surface area contributed by atoms with Crippen LogP contribution in [0.2, 0.25) is 0 Å². The average molecular weight is 241 g/mol. The summed E-state index contributed by atoms with van der Waals surface area (Å²) in [4.78, 5) is 0. The van der Waals surface area contributed by atoms with Crippen LogP contribution in [0.15, 0.2) is 24.3 Å². The Morgan fingerprint density at radius 3 is 2.65 bits per heavy atom. The maximum Gasteiger partial charge on any atom is 0.123 e. The van der Waals surface area contributed by atoms with Crippen LogP contribution in [-0.4, -0.2) is 38.7 Å². The number of ether oxygens (including phenoxy) is 3. The van der Waals surface area contributed by atoms with Crippen molar-refractivity contribution in [2.75, 3.05) is 33.5 Å². The van der Waals surface area contributed by atoms with E-state index in [1.54, 1.807) is 7.11 Å². The molecule has 0 aromatic heterocycles. The van der Waals surface area contributed by atoms with Crippen LogP contribution in [0.1, 0.15) is 5.56 Å². The fourth-order valence-corrected chi connectivity index (χ4v) is 1.33. The van der Waals surface area contributed by atoms with Gasteiger partial charge in [-0.15, -0.1) is 0 Å². The molecule has 0 atom stereocenters. The zero-order valence-electron chi connectivity index (χ0n) is 10.0. The summed E-state index contributed by atoms with van der Waals surface area (Å²) in [5.74, 6) is 0.754. The Balaban J connectivity index is 2.25. The molecule has 0 fully saturated rings. The van der Waals surface area contributed by atoms with Crippen molar-refractivity contribution in [2.24, 2.45) is 0 Å². The van der Waals surface area contributed by atoms with E-state index >= 15 is 0 Å². The summed E-state index contributed by atoms with van der Waals surface area (Å²) >= 11 is 0. The van der Waals surface area contributed by atoms with Gasteiger partial charge in [-0.05, 0) is 6.07 Å². The lowest BCUT2D eigenvalue weighted by atomic mass is 10.2. The molecule has 0 aliphatic carbocycles. The van der Waals surface area contributed by atoms with E-state index in [4.69, 9.17) is 19.4 Å². The molecule has 0 saturated heterocycles. The Labute approximate surface area is 101 Å². The highest BCUT2D eigenvalue weighted by atomic mass is 16.5. The van der Waals surface area contributed by atoms with Crippen LogP contribution in [-0.2, 0) is 16.0 Å². The molecule has 17 heavy (non-hydrogen) atoms. The van der Waals surface area contributed by atoms with Crippen LogP contribution in [0.5, 0.6) is 5.75 Å². The summed E-state index contributed by atoms with van der Waals surface area (Å²) in [6, 6.07) is 7.54. The Morgan fingerprint density at radius 2 is 1.88 bits per heavy atom. The maximum absolute atomic E-state index is 8.67. The van der Waals surface area contributed by atoms with Gasteiger partial charge in [0.15, 0.2) is 0 Å². The van der Waals surface area contributed by atoms with Crippen molar-refractivity contribution >= 4 is 0 Å². The molecule has 0 aliphatic heterocycles. The monoisotopic (exact) mass is 241 g/mol. The van der Waals surface area contributed by atoms with E-state index in [2.05, 4.69) is 5.48 Å². The van der Waals surface area contributed by atoms with E-state index in [-0.39, 0.29) is 0 Å². The molecule has 1 rings (SSSR count). The van der Waals surface area contributed by atoms with Crippen molar-refractivity contribution in [3.05, 3.63) is 29.8 Å². The highest BCUT2D eigenvalue weighted by Crippen LogP contribution is 2.17. The van der Waals surface area contributed by atoms with Gasteiger partial charge in [-0.2, -0.15) is 0 Å². The summed E-state index contributed by atoms with van der Waals surface area (Å²) in [6.45, 7) is 2.52. The summed E-state index contributed by atoms with van der Waals surface area (Å²) in [6.07, 6.45) is 0. The minimum absolute atomic E-state index is 0.362. The zero-order chi connectivity index (χ0) is 12.3. The van der Waals surface area contributed by atoms with Gasteiger partial charge in [0.25, 0.3) is 0 Å². The third kappa shape index (κ3) is 5.65. The largest absolute Gasteiger partial charge is 0.491 e. The van der Waals surface area contributed by atoms with E-state index < -0.39 is 0 Å². The Bertz CT molecular complexity index is 306. The normalized spacial score (nSPS) is 10.5. The molecule has 0 heterocycles. The first-order valence-electron chi connectivity index (χ1n) is 5.53. The summed E-state index contributed by atoms with van der Waals surface area (Å²) in [5, 5.41) is 8.67. The lowest BCUT2D eigenvalue weighted by Gasteiger charge is -2.10. The van der Waals surface area contributed by atoms with Crippen LogP contribution in [0.3, 0.4) is 0 Å². The second kappa shape index (κ2) is 8.95. The molecule has 0 saturated carbocycles. The van der Waals surface area contributed by atoms with Gasteiger partial charge in [0.2, 0.25) is 0 Å². The first-order chi connectivity index (χ1) is 8.38. The van der Waals surface area contributed by atoms with E-state index in [9.17, 15) is 0 Å². The fraction of sp³-hybridized carbons (Fsp3) is 0.500. The number of benzene rings is 1. The zero-order valence-corrected chi connectivity index (χ0v) is 10.0. The van der Waals surface area contributed by atoms with Gasteiger partial charge in [-0.25, -0.2) is 5.48 Å². The highest BCUT2D eigenvalue weighted by Gasteiger charge is 2.01. The van der Waals surface area contributed by atoms with Gasteiger partial charge >= 0.3 is 0 Å². The predicted octanol–water partition coefficient (Wildman–Crippen LogP) is 1.21. The summed E-state index contributed by atoms with van der Waals surface area (Å²) in [7, 11) is 1.64. The molecule has 5 nitrogen and oxygen atoms in total. The van der Waals surface area contributed by atoms with Crippen molar-refractivity contribution in [2.45, 2.75) is 6.54 Å². The smallest absolute Gasteiger partial charge is 0.123 e. The SMILES string of the molecule is COCCOCCOc1ccccc1CNO. The molecule has 0 spiro atoms. The second-order valence-corrected chi connectivity index (χ2v) is 3.40. The van der Waals surface area contributed by atoms with Gasteiger partial charge in [0, 0.05) is 19.2 Å². The molecule has 0 unspecified atom stereocenters. The summed E-state index contributed by atoms with van der Waals surface area (Å²) < 4.78 is 15.7. The van der Waals surface area contributed by atoms with E-state index in [1.807, 2.05) is 24.3 Å². The molecule has 0 bridgehead atoms. The Hall–Kier alpha value is -1.14. The Kier molecular flexibility index (Phi) is 7.33. The number of hydroxylamine groups is 1. The number of rotatable bonds is 9. The van der Waals surface area contributed by atoms with Gasteiger partial charge in [-0.1, -0.05) is 18.2 Å². The maximum atomic E-state index is 8.67. The molecule has 0 amide bonds. The van der Waals surface area contributed by atoms with Gasteiger partial charge in [-0.3, -0.25) is 0 Å². The number of methoxy groups -OCH3 is 1. The van der Waals surface area contributed by atoms with Crippen molar-refractivity contribution < 1.29 is 19.4 Å². The number of hydrogen-bond donors (Lipinski definition) is 2. The molecule has 2 N–H and O–H groups in total. The first kappa shape index (κ1) is 13.9. The van der Waals surface area contributed by atoms with Crippen LogP contribution >= 0.6 is 0 Å². The van der Waals surface area contributed by atoms with E-state index in [0.29, 0.717) is 33.0 Å². The number of para-hydroxylation sites is 1. The molecule has 1 aromatic rings. The number of hydrogen-bond acceptors (Lipinski definition) is 5. The van der Waals surface area contributed by atoms with Gasteiger partial charge in [0.1, 0.15) is 12.4 Å². The fourth-order valence-electron chi connectivity index (χ4n) is 1.33. The van der Waals surface area contributed by atoms with Gasteiger partial charge < -0.3 is 19.4 Å². The van der Waals surface area contributed by atoms with Crippen molar-refractivity contribution in [1.82, 2.24) is 5.48 Å². The van der Waals surface area contributed by atoms with Crippen LogP contribution in [0.25, 0.3) is 0 Å². The van der Waals surface area contributed by atoms with E-state index in [1.165, 1.54) is 0 Å². The topological polar surface area (TPSA) is 60.0 Å². The van der Waals surface area contributed by atoms with Crippen LogP contribution in [0, 0.1) is 0 Å². The molecule has 0 radical (unpaired) electrons. The first-order valence-corrected chi connectivity index (χ1v) is 5.53. The summed E-state index contributed by atoms with van der Waals surface area (Å²) in [5.41, 5.74) is 3.02. The molecule has 1 aromatic carbocycles. The molecular formula is C12H19NO4.